The Morgan fingerprint density at radius 3 is 2.36 bits per heavy atom. The van der Waals surface area contributed by atoms with Crippen molar-refractivity contribution in [3.8, 4) is 0 Å². The van der Waals surface area contributed by atoms with E-state index >= 15 is 0 Å². The molecular weight excluding hydrogens is 188 g/mol. The van der Waals surface area contributed by atoms with Gasteiger partial charge >= 0.3 is 0 Å². The first-order valence-electron chi connectivity index (χ1n) is 5.21. The second kappa shape index (κ2) is 8.12. The SMILES string of the molecule is CCC(CCC(F)CF)ON(C)CC. The first kappa shape index (κ1) is 13.8. The summed E-state index contributed by atoms with van der Waals surface area (Å²) in [5.74, 6) is 0. The van der Waals surface area contributed by atoms with Gasteiger partial charge in [0.2, 0.25) is 0 Å². The summed E-state index contributed by atoms with van der Waals surface area (Å²) in [6, 6.07) is 0. The summed E-state index contributed by atoms with van der Waals surface area (Å²) in [6.07, 6.45) is 0.311. The van der Waals surface area contributed by atoms with Gasteiger partial charge in [0.25, 0.3) is 0 Å². The zero-order valence-corrected chi connectivity index (χ0v) is 9.30. The summed E-state index contributed by atoms with van der Waals surface area (Å²) < 4.78 is 24.4. The Kier molecular flexibility index (Phi) is 7.99. The summed E-state index contributed by atoms with van der Waals surface area (Å²) in [6.45, 7) is 3.86. The highest BCUT2D eigenvalue weighted by atomic mass is 19.2. The van der Waals surface area contributed by atoms with E-state index < -0.39 is 12.8 Å². The third kappa shape index (κ3) is 6.27. The van der Waals surface area contributed by atoms with Gasteiger partial charge < -0.3 is 0 Å². The lowest BCUT2D eigenvalue weighted by Crippen LogP contribution is -2.26. The van der Waals surface area contributed by atoms with Crippen LogP contribution in [0.5, 0.6) is 0 Å². The van der Waals surface area contributed by atoms with E-state index in [4.69, 9.17) is 4.84 Å². The molecule has 14 heavy (non-hydrogen) atoms. The maximum Gasteiger partial charge on any atom is 0.128 e. The normalized spacial score (nSPS) is 15.9. The fourth-order valence-corrected chi connectivity index (χ4v) is 1.10. The number of alkyl halides is 2. The quantitative estimate of drug-likeness (QED) is 0.570. The van der Waals surface area contributed by atoms with Crippen LogP contribution in [0.25, 0.3) is 0 Å². The van der Waals surface area contributed by atoms with E-state index in [1.165, 1.54) is 0 Å². The van der Waals surface area contributed by atoms with Gasteiger partial charge in [-0.05, 0) is 19.3 Å². The Hall–Kier alpha value is -0.220. The summed E-state index contributed by atoms with van der Waals surface area (Å²) in [5.41, 5.74) is 0. The maximum atomic E-state index is 12.6. The van der Waals surface area contributed by atoms with E-state index in [9.17, 15) is 8.78 Å². The average Bonchev–Trinajstić information content (AvgIpc) is 2.22. The highest BCUT2D eigenvalue weighted by Crippen LogP contribution is 2.12. The molecule has 0 aromatic rings. The van der Waals surface area contributed by atoms with E-state index in [0.29, 0.717) is 6.42 Å². The Bertz CT molecular complexity index is 135. The lowest BCUT2D eigenvalue weighted by Gasteiger charge is -2.22. The summed E-state index contributed by atoms with van der Waals surface area (Å²) in [5, 5.41) is 1.72. The second-order valence-electron chi connectivity index (χ2n) is 3.41. The molecule has 86 valence electrons. The molecule has 2 unspecified atom stereocenters. The van der Waals surface area contributed by atoms with Crippen molar-refractivity contribution in [2.75, 3.05) is 20.3 Å². The second-order valence-corrected chi connectivity index (χ2v) is 3.41. The molecule has 0 N–H and O–H groups in total. The van der Waals surface area contributed by atoms with Crippen LogP contribution in [0.4, 0.5) is 8.78 Å². The Balaban J connectivity index is 3.68. The third-order valence-corrected chi connectivity index (χ3v) is 2.20. The van der Waals surface area contributed by atoms with Crippen LogP contribution in [0.15, 0.2) is 0 Å². The van der Waals surface area contributed by atoms with Gasteiger partial charge in [0.05, 0.1) is 6.10 Å². The number of hydroxylamine groups is 2. The maximum absolute atomic E-state index is 12.6. The fraction of sp³-hybridized carbons (Fsp3) is 1.00. The van der Waals surface area contributed by atoms with Gasteiger partial charge in [-0.15, -0.1) is 0 Å². The Morgan fingerprint density at radius 1 is 1.29 bits per heavy atom. The minimum Gasteiger partial charge on any atom is -0.296 e. The molecule has 0 aliphatic rings. The number of hydrogen-bond acceptors (Lipinski definition) is 2. The van der Waals surface area contributed by atoms with E-state index in [-0.39, 0.29) is 12.5 Å². The summed E-state index contributed by atoms with van der Waals surface area (Å²) >= 11 is 0. The minimum atomic E-state index is -1.33. The molecule has 0 bridgehead atoms. The molecule has 0 saturated carbocycles. The van der Waals surface area contributed by atoms with E-state index in [0.717, 1.165) is 13.0 Å². The first-order chi connectivity index (χ1) is 6.63. The minimum absolute atomic E-state index is 0.00440. The molecule has 0 radical (unpaired) electrons. The highest BCUT2D eigenvalue weighted by molar-refractivity contribution is 4.60. The molecule has 4 heteroatoms. The molecular formula is C10H21F2NO. The van der Waals surface area contributed by atoms with E-state index in [1.807, 2.05) is 20.9 Å². The van der Waals surface area contributed by atoms with E-state index in [2.05, 4.69) is 0 Å². The van der Waals surface area contributed by atoms with Crippen molar-refractivity contribution in [1.82, 2.24) is 5.06 Å². The number of nitrogens with zero attached hydrogens (tertiary/aromatic N) is 1. The largest absolute Gasteiger partial charge is 0.296 e. The van der Waals surface area contributed by atoms with Crippen molar-refractivity contribution >= 4 is 0 Å². The van der Waals surface area contributed by atoms with Crippen LogP contribution in [-0.4, -0.2) is 37.6 Å². The molecule has 0 aliphatic carbocycles. The van der Waals surface area contributed by atoms with Gasteiger partial charge in [0, 0.05) is 13.6 Å². The summed E-state index contributed by atoms with van der Waals surface area (Å²) in [7, 11) is 1.84. The molecule has 0 aromatic carbocycles. The van der Waals surface area contributed by atoms with Crippen LogP contribution in [-0.2, 0) is 4.84 Å². The van der Waals surface area contributed by atoms with Gasteiger partial charge in [-0.2, -0.15) is 5.06 Å². The monoisotopic (exact) mass is 209 g/mol. The highest BCUT2D eigenvalue weighted by Gasteiger charge is 2.13. The number of rotatable bonds is 8. The van der Waals surface area contributed by atoms with Gasteiger partial charge in [0.15, 0.2) is 0 Å². The predicted octanol–water partition coefficient (Wildman–Crippen LogP) is 2.74. The molecule has 0 heterocycles. The van der Waals surface area contributed by atoms with Crippen molar-refractivity contribution in [2.24, 2.45) is 0 Å². The van der Waals surface area contributed by atoms with Crippen LogP contribution in [0.3, 0.4) is 0 Å². The topological polar surface area (TPSA) is 12.5 Å². The molecule has 0 rings (SSSR count). The molecule has 2 atom stereocenters. The van der Waals surface area contributed by atoms with Crippen LogP contribution in [0.2, 0.25) is 0 Å². The molecule has 0 spiro atoms. The summed E-state index contributed by atoms with van der Waals surface area (Å²) in [4.78, 5) is 5.49. The Morgan fingerprint density at radius 2 is 1.93 bits per heavy atom. The van der Waals surface area contributed by atoms with Crippen molar-refractivity contribution in [1.29, 1.82) is 0 Å². The van der Waals surface area contributed by atoms with Gasteiger partial charge in [-0.1, -0.05) is 13.8 Å². The fourth-order valence-electron chi connectivity index (χ4n) is 1.10. The smallest absolute Gasteiger partial charge is 0.128 e. The number of halogens is 2. The standard InChI is InChI=1S/C10H21F2NO/c1-4-10(14-13(3)5-2)7-6-9(12)8-11/h9-10H,4-8H2,1-3H3. The van der Waals surface area contributed by atoms with Crippen molar-refractivity contribution < 1.29 is 13.6 Å². The number of hydrogen-bond donors (Lipinski definition) is 0. The molecule has 2 nitrogen and oxygen atoms in total. The van der Waals surface area contributed by atoms with Crippen LogP contribution < -0.4 is 0 Å². The molecule has 0 aromatic heterocycles. The zero-order valence-electron chi connectivity index (χ0n) is 9.30. The molecule has 0 aliphatic heterocycles. The lowest BCUT2D eigenvalue weighted by atomic mass is 10.1. The van der Waals surface area contributed by atoms with Crippen molar-refractivity contribution in [3.05, 3.63) is 0 Å². The molecule has 0 saturated heterocycles. The third-order valence-electron chi connectivity index (χ3n) is 2.20. The zero-order chi connectivity index (χ0) is 11.0. The van der Waals surface area contributed by atoms with Crippen LogP contribution in [0.1, 0.15) is 33.1 Å². The van der Waals surface area contributed by atoms with Crippen LogP contribution in [0, 0.1) is 0 Å². The Labute approximate surface area is 85.2 Å². The lowest BCUT2D eigenvalue weighted by molar-refractivity contribution is -0.182. The van der Waals surface area contributed by atoms with Gasteiger partial charge in [-0.25, -0.2) is 8.78 Å². The van der Waals surface area contributed by atoms with Crippen molar-refractivity contribution in [2.45, 2.75) is 45.4 Å². The molecule has 0 fully saturated rings. The first-order valence-corrected chi connectivity index (χ1v) is 5.21. The van der Waals surface area contributed by atoms with Crippen molar-refractivity contribution in [3.63, 3.8) is 0 Å². The predicted molar refractivity (Wildman–Crippen MR) is 53.6 cm³/mol. The van der Waals surface area contributed by atoms with Crippen LogP contribution >= 0.6 is 0 Å². The van der Waals surface area contributed by atoms with Gasteiger partial charge in [0.1, 0.15) is 12.8 Å². The van der Waals surface area contributed by atoms with E-state index in [1.54, 1.807) is 5.06 Å². The average molecular weight is 209 g/mol. The molecule has 0 amide bonds. The van der Waals surface area contributed by atoms with Gasteiger partial charge in [-0.3, -0.25) is 4.84 Å².